The van der Waals surface area contributed by atoms with E-state index in [1.54, 1.807) is 25.3 Å². The zero-order valence-electron chi connectivity index (χ0n) is 11.6. The summed E-state index contributed by atoms with van der Waals surface area (Å²) >= 11 is 0. The van der Waals surface area contributed by atoms with Crippen molar-refractivity contribution >= 4 is 11.6 Å². The van der Waals surface area contributed by atoms with E-state index in [0.717, 1.165) is 25.3 Å². The van der Waals surface area contributed by atoms with Crippen LogP contribution in [0.3, 0.4) is 0 Å². The summed E-state index contributed by atoms with van der Waals surface area (Å²) in [5.41, 5.74) is 0.721. The number of carbonyl (C=O) groups is 1. The Hall–Kier alpha value is -1.79. The van der Waals surface area contributed by atoms with Crippen molar-refractivity contribution in [2.75, 3.05) is 38.9 Å². The molecule has 1 heterocycles. The minimum atomic E-state index is -0.0249. The van der Waals surface area contributed by atoms with E-state index in [0.29, 0.717) is 24.5 Å². The molecule has 0 saturated carbocycles. The first-order chi connectivity index (χ1) is 9.79. The normalized spacial score (nSPS) is 12.4. The lowest BCUT2D eigenvalue weighted by Crippen LogP contribution is -2.23. The maximum atomic E-state index is 11.8. The molecule has 1 aliphatic heterocycles. The van der Waals surface area contributed by atoms with E-state index in [9.17, 15) is 4.79 Å². The van der Waals surface area contributed by atoms with Crippen LogP contribution in [-0.2, 0) is 9.53 Å². The van der Waals surface area contributed by atoms with Gasteiger partial charge in [-0.25, -0.2) is 0 Å². The minimum Gasteiger partial charge on any atom is -0.454 e. The van der Waals surface area contributed by atoms with E-state index in [1.165, 1.54) is 0 Å². The summed E-state index contributed by atoms with van der Waals surface area (Å²) < 4.78 is 15.4. The van der Waals surface area contributed by atoms with Gasteiger partial charge in [-0.15, -0.1) is 0 Å². The molecule has 1 aliphatic rings. The highest BCUT2D eigenvalue weighted by molar-refractivity contribution is 5.91. The van der Waals surface area contributed by atoms with Crippen molar-refractivity contribution < 1.29 is 19.0 Å². The van der Waals surface area contributed by atoms with Gasteiger partial charge < -0.3 is 24.8 Å². The highest BCUT2D eigenvalue weighted by Gasteiger charge is 2.13. The zero-order chi connectivity index (χ0) is 14.2. The molecule has 2 N–H and O–H groups in total. The van der Waals surface area contributed by atoms with E-state index < -0.39 is 0 Å². The number of methoxy groups -OCH3 is 1. The molecule has 0 aliphatic carbocycles. The number of hydrogen-bond donors (Lipinski definition) is 2. The summed E-state index contributed by atoms with van der Waals surface area (Å²) in [5, 5.41) is 6.03. The highest BCUT2D eigenvalue weighted by atomic mass is 16.7. The minimum absolute atomic E-state index is 0.0249. The van der Waals surface area contributed by atoms with Gasteiger partial charge in [0.15, 0.2) is 11.5 Å². The first kappa shape index (κ1) is 14.6. The monoisotopic (exact) mass is 280 g/mol. The molecule has 0 aromatic heterocycles. The van der Waals surface area contributed by atoms with Gasteiger partial charge in [-0.1, -0.05) is 0 Å². The zero-order valence-corrected chi connectivity index (χ0v) is 11.6. The van der Waals surface area contributed by atoms with Crippen molar-refractivity contribution in [3.05, 3.63) is 18.2 Å². The fourth-order valence-electron chi connectivity index (χ4n) is 1.87. The summed E-state index contributed by atoms with van der Waals surface area (Å²) in [6.07, 6.45) is 1.38. The molecule has 0 spiro atoms. The average molecular weight is 280 g/mol. The molecule has 6 heteroatoms. The van der Waals surface area contributed by atoms with Crippen LogP contribution in [0.15, 0.2) is 18.2 Å². The molecule has 0 unspecified atom stereocenters. The van der Waals surface area contributed by atoms with Crippen molar-refractivity contribution in [1.29, 1.82) is 0 Å². The Morgan fingerprint density at radius 1 is 1.30 bits per heavy atom. The average Bonchev–Trinajstić information content (AvgIpc) is 2.90. The topological polar surface area (TPSA) is 68.8 Å². The van der Waals surface area contributed by atoms with Gasteiger partial charge in [0.1, 0.15) is 0 Å². The fraction of sp³-hybridized carbons (Fsp3) is 0.500. The van der Waals surface area contributed by atoms with Gasteiger partial charge in [0.05, 0.1) is 0 Å². The molecule has 2 rings (SSSR count). The number of anilines is 1. The van der Waals surface area contributed by atoms with Gasteiger partial charge in [0, 0.05) is 38.4 Å². The molecule has 0 radical (unpaired) electrons. The summed E-state index contributed by atoms with van der Waals surface area (Å²) in [6, 6.07) is 5.37. The summed E-state index contributed by atoms with van der Waals surface area (Å²) in [7, 11) is 1.68. The van der Waals surface area contributed by atoms with Crippen LogP contribution in [-0.4, -0.2) is 39.5 Å². The molecule has 6 nitrogen and oxygen atoms in total. The van der Waals surface area contributed by atoms with Gasteiger partial charge in [-0.3, -0.25) is 4.79 Å². The number of fused-ring (bicyclic) bond motifs is 1. The van der Waals surface area contributed by atoms with Crippen molar-refractivity contribution in [2.45, 2.75) is 12.8 Å². The molecule has 0 saturated heterocycles. The lowest BCUT2D eigenvalue weighted by atomic mass is 10.2. The molecule has 0 bridgehead atoms. The van der Waals surface area contributed by atoms with E-state index in [-0.39, 0.29) is 12.7 Å². The van der Waals surface area contributed by atoms with Crippen LogP contribution in [0.25, 0.3) is 0 Å². The SMILES string of the molecule is COCCCNCCC(=O)Nc1ccc2c(c1)OCO2. The number of benzene rings is 1. The van der Waals surface area contributed by atoms with Gasteiger partial charge >= 0.3 is 0 Å². The van der Waals surface area contributed by atoms with E-state index in [4.69, 9.17) is 14.2 Å². The molecule has 20 heavy (non-hydrogen) atoms. The third kappa shape index (κ3) is 4.40. The first-order valence-corrected chi connectivity index (χ1v) is 6.69. The van der Waals surface area contributed by atoms with Crippen LogP contribution < -0.4 is 20.1 Å². The second kappa shape index (κ2) is 7.72. The van der Waals surface area contributed by atoms with Crippen molar-refractivity contribution in [1.82, 2.24) is 5.32 Å². The predicted molar refractivity (Wildman–Crippen MR) is 75.2 cm³/mol. The van der Waals surface area contributed by atoms with Crippen LogP contribution >= 0.6 is 0 Å². The van der Waals surface area contributed by atoms with E-state index >= 15 is 0 Å². The van der Waals surface area contributed by atoms with Crippen LogP contribution in [0, 0.1) is 0 Å². The Morgan fingerprint density at radius 2 is 2.15 bits per heavy atom. The quantitative estimate of drug-likeness (QED) is 0.704. The lowest BCUT2D eigenvalue weighted by molar-refractivity contribution is -0.116. The van der Waals surface area contributed by atoms with Gasteiger partial charge in [0.25, 0.3) is 0 Å². The second-order valence-electron chi connectivity index (χ2n) is 4.46. The molecule has 0 atom stereocenters. The van der Waals surface area contributed by atoms with E-state index in [2.05, 4.69) is 10.6 Å². The van der Waals surface area contributed by atoms with Crippen LogP contribution in [0.4, 0.5) is 5.69 Å². The Bertz CT molecular complexity index is 451. The summed E-state index contributed by atoms with van der Waals surface area (Å²) in [5.74, 6) is 1.35. The number of rotatable bonds is 8. The number of hydrogen-bond acceptors (Lipinski definition) is 5. The standard InChI is InChI=1S/C14H20N2O4/c1-18-8-2-6-15-7-5-14(17)16-11-3-4-12-13(9-11)20-10-19-12/h3-4,9,15H,2,5-8,10H2,1H3,(H,16,17). The Morgan fingerprint density at radius 3 is 3.00 bits per heavy atom. The largest absolute Gasteiger partial charge is 0.454 e. The maximum Gasteiger partial charge on any atom is 0.231 e. The maximum absolute atomic E-state index is 11.8. The van der Waals surface area contributed by atoms with Crippen molar-refractivity contribution in [3.8, 4) is 11.5 Å². The predicted octanol–water partition coefficient (Wildman–Crippen LogP) is 1.37. The molecule has 1 aromatic rings. The van der Waals surface area contributed by atoms with Crippen LogP contribution in [0.2, 0.25) is 0 Å². The third-order valence-electron chi connectivity index (χ3n) is 2.89. The number of ether oxygens (including phenoxy) is 3. The van der Waals surface area contributed by atoms with E-state index in [1.807, 2.05) is 0 Å². The smallest absolute Gasteiger partial charge is 0.231 e. The fourth-order valence-corrected chi connectivity index (χ4v) is 1.87. The summed E-state index contributed by atoms with van der Waals surface area (Å²) in [4.78, 5) is 11.8. The molecule has 0 fully saturated rings. The first-order valence-electron chi connectivity index (χ1n) is 6.69. The van der Waals surface area contributed by atoms with Crippen LogP contribution in [0.1, 0.15) is 12.8 Å². The number of amides is 1. The van der Waals surface area contributed by atoms with Crippen molar-refractivity contribution in [2.24, 2.45) is 0 Å². The Balaban J connectivity index is 1.67. The lowest BCUT2D eigenvalue weighted by Gasteiger charge is -2.07. The number of nitrogens with one attached hydrogen (secondary N) is 2. The van der Waals surface area contributed by atoms with Gasteiger partial charge in [-0.2, -0.15) is 0 Å². The Labute approximate surface area is 118 Å². The third-order valence-corrected chi connectivity index (χ3v) is 2.89. The van der Waals surface area contributed by atoms with Crippen LogP contribution in [0.5, 0.6) is 11.5 Å². The molecular weight excluding hydrogens is 260 g/mol. The molecule has 1 aromatic carbocycles. The summed E-state index contributed by atoms with van der Waals surface area (Å²) in [6.45, 7) is 2.47. The Kier molecular flexibility index (Phi) is 5.64. The molecule has 110 valence electrons. The second-order valence-corrected chi connectivity index (χ2v) is 4.46. The number of carbonyl (C=O) groups excluding carboxylic acids is 1. The molecule has 1 amide bonds. The van der Waals surface area contributed by atoms with Crippen molar-refractivity contribution in [3.63, 3.8) is 0 Å². The van der Waals surface area contributed by atoms with Gasteiger partial charge in [0.2, 0.25) is 12.7 Å². The van der Waals surface area contributed by atoms with Gasteiger partial charge in [-0.05, 0) is 25.1 Å². The molecular formula is C14H20N2O4. The highest BCUT2D eigenvalue weighted by Crippen LogP contribution is 2.34.